The summed E-state index contributed by atoms with van der Waals surface area (Å²) in [7, 11) is 0. The van der Waals surface area contributed by atoms with Crippen LogP contribution in [0.4, 0.5) is 8.78 Å². The summed E-state index contributed by atoms with van der Waals surface area (Å²) in [6.45, 7) is 1.14. The maximum Gasteiger partial charge on any atom is 0.387 e. The predicted molar refractivity (Wildman–Crippen MR) is 76.1 cm³/mol. The van der Waals surface area contributed by atoms with Crippen LogP contribution in [0.2, 0.25) is 0 Å². The third-order valence-corrected chi connectivity index (χ3v) is 3.88. The molecule has 1 N–H and O–H groups in total. The highest BCUT2D eigenvalue weighted by atomic mass is 79.9. The van der Waals surface area contributed by atoms with Gasteiger partial charge in [-0.05, 0) is 38.0 Å². The smallest absolute Gasteiger partial charge is 0.387 e. The van der Waals surface area contributed by atoms with E-state index in [1.54, 1.807) is 18.2 Å². The first-order chi connectivity index (χ1) is 9.48. The second kappa shape index (κ2) is 6.83. The molecular weight excluding hydrogens is 332 g/mol. The first kappa shape index (κ1) is 15.7. The van der Waals surface area contributed by atoms with Crippen LogP contribution < -0.4 is 10.1 Å². The van der Waals surface area contributed by atoms with Crippen LogP contribution in [0, 0.1) is 0 Å². The average molecular weight is 350 g/mol. The molecule has 2 rings (SSSR count). The highest BCUT2D eigenvalue weighted by Gasteiger charge is 2.27. The molecule has 112 valence electrons. The zero-order chi connectivity index (χ0) is 14.6. The fraction of sp³-hybridized carbons (Fsp3) is 0.571. The van der Waals surface area contributed by atoms with E-state index in [9.17, 15) is 8.78 Å². The van der Waals surface area contributed by atoms with Gasteiger partial charge in [-0.3, -0.25) is 0 Å². The molecule has 0 bridgehead atoms. The van der Waals surface area contributed by atoms with E-state index >= 15 is 0 Å². The minimum absolute atomic E-state index is 0.122. The van der Waals surface area contributed by atoms with Gasteiger partial charge in [0, 0.05) is 28.7 Å². The zero-order valence-corrected chi connectivity index (χ0v) is 12.9. The molecule has 0 aromatic heterocycles. The summed E-state index contributed by atoms with van der Waals surface area (Å²) in [6, 6.07) is 5.03. The Bertz CT molecular complexity index is 451. The highest BCUT2D eigenvalue weighted by molar-refractivity contribution is 9.10. The molecule has 0 spiro atoms. The van der Waals surface area contributed by atoms with Crippen molar-refractivity contribution in [3.63, 3.8) is 0 Å². The van der Waals surface area contributed by atoms with Crippen molar-refractivity contribution in [1.29, 1.82) is 0 Å². The molecular formula is C14H18BrF2NO2. The monoisotopic (exact) mass is 349 g/mol. The molecule has 0 amide bonds. The van der Waals surface area contributed by atoms with Gasteiger partial charge in [0.15, 0.2) is 0 Å². The first-order valence-electron chi connectivity index (χ1n) is 6.54. The fourth-order valence-corrected chi connectivity index (χ4v) is 2.69. The van der Waals surface area contributed by atoms with Gasteiger partial charge in [0.2, 0.25) is 0 Å². The predicted octanol–water partition coefficient (Wildman–Crippen LogP) is 3.71. The van der Waals surface area contributed by atoms with E-state index in [2.05, 4.69) is 32.9 Å². The minimum Gasteiger partial charge on any atom is -0.434 e. The maximum absolute atomic E-state index is 12.4. The van der Waals surface area contributed by atoms with Crippen molar-refractivity contribution in [3.8, 4) is 5.75 Å². The second-order valence-corrected chi connectivity index (χ2v) is 6.12. The van der Waals surface area contributed by atoms with Gasteiger partial charge < -0.3 is 14.8 Å². The number of rotatable bonds is 5. The van der Waals surface area contributed by atoms with Crippen LogP contribution in [-0.2, 0) is 11.3 Å². The Morgan fingerprint density at radius 1 is 1.50 bits per heavy atom. The summed E-state index contributed by atoms with van der Waals surface area (Å²) in [5, 5.41) is 3.38. The summed E-state index contributed by atoms with van der Waals surface area (Å²) in [4.78, 5) is 0. The van der Waals surface area contributed by atoms with Crippen molar-refractivity contribution in [3.05, 3.63) is 28.2 Å². The normalized spacial score (nSPS) is 23.1. The Morgan fingerprint density at radius 3 is 2.95 bits per heavy atom. The molecule has 1 aromatic rings. The Labute approximate surface area is 125 Å². The van der Waals surface area contributed by atoms with Crippen LogP contribution in [0.1, 0.15) is 25.3 Å². The average Bonchev–Trinajstić information content (AvgIpc) is 2.39. The third kappa shape index (κ3) is 4.40. The fourth-order valence-electron chi connectivity index (χ4n) is 2.28. The molecule has 0 saturated carbocycles. The number of hydrogen-bond acceptors (Lipinski definition) is 3. The van der Waals surface area contributed by atoms with Gasteiger partial charge >= 0.3 is 6.61 Å². The molecule has 6 heteroatoms. The van der Waals surface area contributed by atoms with Crippen LogP contribution in [0.5, 0.6) is 5.75 Å². The van der Waals surface area contributed by atoms with E-state index in [0.717, 1.165) is 23.9 Å². The summed E-state index contributed by atoms with van der Waals surface area (Å²) < 4.78 is 35.6. The lowest BCUT2D eigenvalue weighted by Gasteiger charge is -2.34. The Kier molecular flexibility index (Phi) is 5.35. The quantitative estimate of drug-likeness (QED) is 0.878. The SMILES string of the molecule is CC1(NCc2cc(Br)ccc2OC(F)F)CCCOC1. The van der Waals surface area contributed by atoms with Crippen LogP contribution in [0.15, 0.2) is 22.7 Å². The van der Waals surface area contributed by atoms with Crippen LogP contribution >= 0.6 is 15.9 Å². The van der Waals surface area contributed by atoms with Crippen LogP contribution in [-0.4, -0.2) is 25.4 Å². The number of hydrogen-bond donors (Lipinski definition) is 1. The summed E-state index contributed by atoms with van der Waals surface area (Å²) in [5.41, 5.74) is 0.578. The van der Waals surface area contributed by atoms with Gasteiger partial charge in [-0.25, -0.2) is 0 Å². The minimum atomic E-state index is -2.82. The van der Waals surface area contributed by atoms with Crippen molar-refractivity contribution >= 4 is 15.9 Å². The Morgan fingerprint density at radius 2 is 2.30 bits per heavy atom. The van der Waals surface area contributed by atoms with Crippen molar-refractivity contribution in [2.45, 2.75) is 38.5 Å². The standard InChI is InChI=1S/C14H18BrF2NO2/c1-14(5-2-6-19-9-14)18-8-10-7-11(15)3-4-12(10)20-13(16)17/h3-4,7,13,18H,2,5-6,8-9H2,1H3. The van der Waals surface area contributed by atoms with Crippen LogP contribution in [0.3, 0.4) is 0 Å². The molecule has 1 unspecified atom stereocenters. The van der Waals surface area contributed by atoms with E-state index in [4.69, 9.17) is 4.74 Å². The molecule has 1 fully saturated rings. The number of ether oxygens (including phenoxy) is 2. The molecule has 1 aliphatic rings. The molecule has 1 saturated heterocycles. The first-order valence-corrected chi connectivity index (χ1v) is 7.34. The molecule has 0 aliphatic carbocycles. The summed E-state index contributed by atoms with van der Waals surface area (Å²) >= 11 is 3.35. The Hall–Kier alpha value is -0.720. The van der Waals surface area contributed by atoms with Gasteiger partial charge in [0.1, 0.15) is 5.75 Å². The number of nitrogens with one attached hydrogen (secondary N) is 1. The van der Waals surface area contributed by atoms with Gasteiger partial charge in [-0.15, -0.1) is 0 Å². The van der Waals surface area contributed by atoms with E-state index < -0.39 is 6.61 Å². The highest BCUT2D eigenvalue weighted by Crippen LogP contribution is 2.26. The lowest BCUT2D eigenvalue weighted by atomic mass is 9.94. The molecule has 20 heavy (non-hydrogen) atoms. The lowest BCUT2D eigenvalue weighted by molar-refractivity contribution is -0.0506. The van der Waals surface area contributed by atoms with Crippen molar-refractivity contribution in [2.75, 3.05) is 13.2 Å². The van der Waals surface area contributed by atoms with Crippen molar-refractivity contribution in [2.24, 2.45) is 0 Å². The van der Waals surface area contributed by atoms with E-state index in [-0.39, 0.29) is 11.3 Å². The molecule has 0 radical (unpaired) electrons. The summed E-state index contributed by atoms with van der Waals surface area (Å²) in [6.07, 6.45) is 2.01. The van der Waals surface area contributed by atoms with Gasteiger partial charge in [-0.1, -0.05) is 15.9 Å². The topological polar surface area (TPSA) is 30.5 Å². The summed E-state index contributed by atoms with van der Waals surface area (Å²) in [5.74, 6) is 0.205. The molecule has 1 atom stereocenters. The third-order valence-electron chi connectivity index (χ3n) is 3.38. The zero-order valence-electron chi connectivity index (χ0n) is 11.3. The molecule has 3 nitrogen and oxygen atoms in total. The van der Waals surface area contributed by atoms with Gasteiger partial charge in [-0.2, -0.15) is 8.78 Å². The molecule has 1 aliphatic heterocycles. The van der Waals surface area contributed by atoms with Crippen molar-refractivity contribution in [1.82, 2.24) is 5.32 Å². The largest absolute Gasteiger partial charge is 0.434 e. The number of alkyl halides is 2. The lowest BCUT2D eigenvalue weighted by Crippen LogP contribution is -2.48. The number of halogens is 3. The Balaban J connectivity index is 2.05. The number of benzene rings is 1. The molecule has 1 heterocycles. The maximum atomic E-state index is 12.4. The van der Waals surface area contributed by atoms with E-state index in [1.807, 2.05) is 0 Å². The van der Waals surface area contributed by atoms with Crippen molar-refractivity contribution < 1.29 is 18.3 Å². The van der Waals surface area contributed by atoms with Gasteiger partial charge in [0.05, 0.1) is 6.61 Å². The second-order valence-electron chi connectivity index (χ2n) is 5.20. The van der Waals surface area contributed by atoms with Crippen LogP contribution in [0.25, 0.3) is 0 Å². The van der Waals surface area contributed by atoms with E-state index in [1.165, 1.54) is 0 Å². The van der Waals surface area contributed by atoms with Gasteiger partial charge in [0.25, 0.3) is 0 Å². The molecule has 1 aromatic carbocycles. The van der Waals surface area contributed by atoms with E-state index in [0.29, 0.717) is 18.7 Å².